The highest BCUT2D eigenvalue weighted by Gasteiger charge is 2.49. The summed E-state index contributed by atoms with van der Waals surface area (Å²) in [4.78, 5) is 30.5. The Morgan fingerprint density at radius 3 is 2.57 bits per heavy atom. The smallest absolute Gasteiger partial charge is 0.248 e. The Morgan fingerprint density at radius 1 is 1.33 bits per heavy atom. The largest absolute Gasteiger partial charge is 0.375 e. The van der Waals surface area contributed by atoms with E-state index in [1.807, 2.05) is 11.9 Å². The van der Waals surface area contributed by atoms with Crippen LogP contribution in [0.2, 0.25) is 0 Å². The van der Waals surface area contributed by atoms with Gasteiger partial charge in [-0.1, -0.05) is 6.08 Å². The van der Waals surface area contributed by atoms with Crippen molar-refractivity contribution in [3.05, 3.63) is 12.7 Å². The third kappa shape index (κ3) is 2.96. The molecule has 0 unspecified atom stereocenters. The monoisotopic (exact) mass is 295 g/mol. The lowest BCUT2D eigenvalue weighted by atomic mass is 9.82. The van der Waals surface area contributed by atoms with Crippen molar-refractivity contribution < 1.29 is 14.3 Å². The zero-order valence-electron chi connectivity index (χ0n) is 13.0. The molecule has 0 aliphatic carbocycles. The molecule has 0 aromatic carbocycles. The van der Waals surface area contributed by atoms with E-state index in [1.54, 1.807) is 11.0 Å². The molecule has 2 amide bonds. The second-order valence-electron chi connectivity index (χ2n) is 5.81. The summed E-state index contributed by atoms with van der Waals surface area (Å²) in [5, 5.41) is 0. The van der Waals surface area contributed by atoms with E-state index >= 15 is 0 Å². The van der Waals surface area contributed by atoms with Crippen molar-refractivity contribution in [3.63, 3.8) is 0 Å². The van der Waals surface area contributed by atoms with Gasteiger partial charge in [-0.05, 0) is 19.9 Å². The lowest BCUT2D eigenvalue weighted by molar-refractivity contribution is -0.156. The van der Waals surface area contributed by atoms with Crippen LogP contribution in [0.1, 0.15) is 12.8 Å². The summed E-state index contributed by atoms with van der Waals surface area (Å²) in [7, 11) is 3.53. The molecule has 0 aromatic heterocycles. The number of piperidine rings is 1. The van der Waals surface area contributed by atoms with Gasteiger partial charge in [-0.2, -0.15) is 0 Å². The predicted molar refractivity (Wildman–Crippen MR) is 79.8 cm³/mol. The van der Waals surface area contributed by atoms with E-state index in [0.29, 0.717) is 32.5 Å². The highest BCUT2D eigenvalue weighted by Crippen LogP contribution is 2.32. The molecule has 6 nitrogen and oxygen atoms in total. The standard InChI is InChI=1S/C15H25N3O3/c1-4-7-18-11-10-16(2)15(14(18)20)5-8-17(9-6-15)13(19)12-21-3/h4H,1,5-12H2,2-3H3. The van der Waals surface area contributed by atoms with Crippen LogP contribution in [0.25, 0.3) is 0 Å². The number of hydrogen-bond acceptors (Lipinski definition) is 4. The average Bonchev–Trinajstić information content (AvgIpc) is 2.49. The summed E-state index contributed by atoms with van der Waals surface area (Å²) in [5.74, 6) is 0.177. The average molecular weight is 295 g/mol. The second-order valence-corrected chi connectivity index (χ2v) is 5.81. The van der Waals surface area contributed by atoms with Gasteiger partial charge in [0.1, 0.15) is 12.1 Å². The van der Waals surface area contributed by atoms with Gasteiger partial charge in [0.25, 0.3) is 0 Å². The third-order valence-corrected chi connectivity index (χ3v) is 4.68. The number of hydrogen-bond donors (Lipinski definition) is 0. The fourth-order valence-electron chi connectivity index (χ4n) is 3.31. The van der Waals surface area contributed by atoms with Crippen LogP contribution >= 0.6 is 0 Å². The van der Waals surface area contributed by atoms with Crippen LogP contribution in [0, 0.1) is 0 Å². The number of carbonyl (C=O) groups excluding carboxylic acids is 2. The molecule has 2 rings (SSSR count). The molecule has 21 heavy (non-hydrogen) atoms. The maximum atomic E-state index is 12.8. The summed E-state index contributed by atoms with van der Waals surface area (Å²) >= 11 is 0. The van der Waals surface area contributed by atoms with Gasteiger partial charge in [0.15, 0.2) is 0 Å². The Morgan fingerprint density at radius 2 is 2.00 bits per heavy atom. The van der Waals surface area contributed by atoms with Crippen LogP contribution in [0.5, 0.6) is 0 Å². The van der Waals surface area contributed by atoms with Crippen molar-refractivity contribution in [2.75, 3.05) is 53.5 Å². The van der Waals surface area contributed by atoms with Crippen molar-refractivity contribution in [2.45, 2.75) is 18.4 Å². The van der Waals surface area contributed by atoms with E-state index in [2.05, 4.69) is 11.5 Å². The zero-order chi connectivity index (χ0) is 15.5. The van der Waals surface area contributed by atoms with Crippen LogP contribution in [-0.2, 0) is 14.3 Å². The lowest BCUT2D eigenvalue weighted by Gasteiger charge is -2.51. The van der Waals surface area contributed by atoms with Gasteiger partial charge in [-0.3, -0.25) is 14.5 Å². The number of amides is 2. The first-order valence-electron chi connectivity index (χ1n) is 7.43. The minimum atomic E-state index is -0.453. The molecule has 2 heterocycles. The number of methoxy groups -OCH3 is 1. The molecule has 2 fully saturated rings. The molecular weight excluding hydrogens is 270 g/mol. The first-order chi connectivity index (χ1) is 10.0. The first-order valence-corrected chi connectivity index (χ1v) is 7.43. The van der Waals surface area contributed by atoms with Gasteiger partial charge in [-0.25, -0.2) is 0 Å². The fourth-order valence-corrected chi connectivity index (χ4v) is 3.31. The summed E-state index contributed by atoms with van der Waals surface area (Å²) in [6.45, 7) is 7.27. The van der Waals surface area contributed by atoms with Crippen LogP contribution in [-0.4, -0.2) is 85.5 Å². The van der Waals surface area contributed by atoms with Gasteiger partial charge in [0.2, 0.25) is 11.8 Å². The van der Waals surface area contributed by atoms with E-state index < -0.39 is 5.54 Å². The predicted octanol–water partition coefficient (Wildman–Crippen LogP) is -0.0460. The molecule has 2 aliphatic rings. The normalized spacial score (nSPS) is 22.7. The maximum Gasteiger partial charge on any atom is 0.248 e. The van der Waals surface area contributed by atoms with Crippen molar-refractivity contribution >= 4 is 11.8 Å². The number of piperazine rings is 1. The quantitative estimate of drug-likeness (QED) is 0.683. The molecule has 2 aliphatic heterocycles. The Balaban J connectivity index is 2.06. The Labute approximate surface area is 126 Å². The SMILES string of the molecule is C=CCN1CCN(C)C2(CCN(C(=O)COC)CC2)C1=O. The van der Waals surface area contributed by atoms with Crippen LogP contribution < -0.4 is 0 Å². The van der Waals surface area contributed by atoms with Gasteiger partial charge in [0.05, 0.1) is 0 Å². The molecule has 6 heteroatoms. The minimum Gasteiger partial charge on any atom is -0.375 e. The summed E-state index contributed by atoms with van der Waals surface area (Å²) in [6.07, 6.45) is 3.14. The Hall–Kier alpha value is -1.40. The lowest BCUT2D eigenvalue weighted by Crippen LogP contribution is -2.68. The minimum absolute atomic E-state index is 0.00112. The topological polar surface area (TPSA) is 53.1 Å². The van der Waals surface area contributed by atoms with E-state index in [9.17, 15) is 9.59 Å². The first kappa shape index (κ1) is 16.0. The highest BCUT2D eigenvalue weighted by atomic mass is 16.5. The van der Waals surface area contributed by atoms with E-state index in [-0.39, 0.29) is 18.4 Å². The van der Waals surface area contributed by atoms with Crippen molar-refractivity contribution in [1.82, 2.24) is 14.7 Å². The molecule has 0 aromatic rings. The van der Waals surface area contributed by atoms with E-state index in [4.69, 9.17) is 4.74 Å². The van der Waals surface area contributed by atoms with E-state index in [1.165, 1.54) is 7.11 Å². The summed E-state index contributed by atoms with van der Waals surface area (Å²) in [6, 6.07) is 0. The second kappa shape index (κ2) is 6.58. The molecule has 0 atom stereocenters. The molecule has 0 bridgehead atoms. The summed E-state index contributed by atoms with van der Waals surface area (Å²) < 4.78 is 4.90. The zero-order valence-corrected chi connectivity index (χ0v) is 13.0. The van der Waals surface area contributed by atoms with Crippen molar-refractivity contribution in [3.8, 4) is 0 Å². The molecule has 1 spiro atoms. The molecular formula is C15H25N3O3. The van der Waals surface area contributed by atoms with Crippen molar-refractivity contribution in [1.29, 1.82) is 0 Å². The third-order valence-electron chi connectivity index (χ3n) is 4.68. The van der Waals surface area contributed by atoms with E-state index in [0.717, 1.165) is 13.1 Å². The van der Waals surface area contributed by atoms with Gasteiger partial charge >= 0.3 is 0 Å². The number of likely N-dealkylation sites (tertiary alicyclic amines) is 1. The van der Waals surface area contributed by atoms with Crippen LogP contribution in [0.4, 0.5) is 0 Å². The molecule has 0 N–H and O–H groups in total. The molecule has 118 valence electrons. The number of likely N-dealkylation sites (N-methyl/N-ethyl adjacent to an activating group) is 1. The van der Waals surface area contributed by atoms with Crippen LogP contribution in [0.3, 0.4) is 0 Å². The molecule has 0 saturated carbocycles. The van der Waals surface area contributed by atoms with Gasteiger partial charge < -0.3 is 14.5 Å². The molecule has 0 radical (unpaired) electrons. The number of nitrogens with zero attached hydrogens (tertiary/aromatic N) is 3. The van der Waals surface area contributed by atoms with Gasteiger partial charge in [0, 0.05) is 39.8 Å². The summed E-state index contributed by atoms with van der Waals surface area (Å²) in [5.41, 5.74) is -0.453. The number of ether oxygens (including phenoxy) is 1. The van der Waals surface area contributed by atoms with Crippen LogP contribution in [0.15, 0.2) is 12.7 Å². The fraction of sp³-hybridized carbons (Fsp3) is 0.733. The maximum absolute atomic E-state index is 12.8. The Kier molecular flexibility index (Phi) is 5.00. The van der Waals surface area contributed by atoms with Crippen molar-refractivity contribution in [2.24, 2.45) is 0 Å². The highest BCUT2D eigenvalue weighted by molar-refractivity contribution is 5.88. The van der Waals surface area contributed by atoms with Gasteiger partial charge in [-0.15, -0.1) is 6.58 Å². The number of rotatable bonds is 4. The number of carbonyl (C=O) groups is 2. The Bertz CT molecular complexity index is 416. The molecule has 2 saturated heterocycles.